The quantitative estimate of drug-likeness (QED) is 0.558. The zero-order valence-electron chi connectivity index (χ0n) is 13.4. The molecule has 0 saturated carbocycles. The molecule has 1 aromatic carbocycles. The third-order valence-corrected chi connectivity index (χ3v) is 5.04. The lowest BCUT2D eigenvalue weighted by atomic mass is 10.2. The Morgan fingerprint density at radius 2 is 1.92 bits per heavy atom. The summed E-state index contributed by atoms with van der Waals surface area (Å²) in [5, 5.41) is 0.517. The Balaban J connectivity index is 1.64. The van der Waals surface area contributed by atoms with Crippen LogP contribution in [0, 0.1) is 0 Å². The highest BCUT2D eigenvalue weighted by Gasteiger charge is 2.38. The van der Waals surface area contributed by atoms with E-state index in [0.717, 1.165) is 11.8 Å². The Hall–Kier alpha value is -2.42. The fourth-order valence-electron chi connectivity index (χ4n) is 3.04. The van der Waals surface area contributed by atoms with Gasteiger partial charge in [-0.25, -0.2) is 15.0 Å². The minimum Gasteiger partial charge on any atom is -0.309 e. The molecule has 134 valence electrons. The summed E-state index contributed by atoms with van der Waals surface area (Å²) in [5.74, 6) is 0.548. The highest BCUT2D eigenvalue weighted by Crippen LogP contribution is 2.36. The summed E-state index contributed by atoms with van der Waals surface area (Å²) >= 11 is 1.03. The van der Waals surface area contributed by atoms with Crippen LogP contribution in [0.15, 0.2) is 34.2 Å². The van der Waals surface area contributed by atoms with Crippen molar-refractivity contribution in [3.63, 3.8) is 0 Å². The second-order valence-corrected chi connectivity index (χ2v) is 6.89. The van der Waals surface area contributed by atoms with Crippen molar-refractivity contribution in [2.45, 2.75) is 36.3 Å². The van der Waals surface area contributed by atoms with Gasteiger partial charge in [0.2, 0.25) is 0 Å². The maximum Gasteiger partial charge on any atom is 0.433 e. The highest BCUT2D eigenvalue weighted by molar-refractivity contribution is 7.98. The highest BCUT2D eigenvalue weighted by atomic mass is 32.2. The van der Waals surface area contributed by atoms with Gasteiger partial charge in [-0.15, -0.1) is 0 Å². The molecule has 3 aromatic rings. The van der Waals surface area contributed by atoms with Crippen molar-refractivity contribution in [2.75, 3.05) is 0 Å². The van der Waals surface area contributed by atoms with Gasteiger partial charge in [0.15, 0.2) is 10.9 Å². The van der Waals surface area contributed by atoms with E-state index in [9.17, 15) is 18.0 Å². The predicted molar refractivity (Wildman–Crippen MR) is 91.0 cm³/mol. The Kier molecular flexibility index (Phi) is 4.18. The number of alkyl halides is 3. The number of hydrogen-bond acceptors (Lipinski definition) is 5. The first-order valence-corrected chi connectivity index (χ1v) is 8.98. The third kappa shape index (κ3) is 3.18. The van der Waals surface area contributed by atoms with E-state index in [0.29, 0.717) is 41.7 Å². The lowest BCUT2D eigenvalue weighted by Crippen LogP contribution is -2.14. The monoisotopic (exact) mass is 378 g/mol. The van der Waals surface area contributed by atoms with Crippen LogP contribution in [-0.4, -0.2) is 19.9 Å². The van der Waals surface area contributed by atoms with Crippen LogP contribution in [-0.2, 0) is 24.8 Å². The zero-order valence-corrected chi connectivity index (χ0v) is 14.2. The number of rotatable bonds is 3. The van der Waals surface area contributed by atoms with Crippen molar-refractivity contribution in [3.05, 3.63) is 57.4 Å². The number of benzene rings is 1. The number of thioether (sulfide) groups is 1. The first kappa shape index (κ1) is 17.0. The van der Waals surface area contributed by atoms with Gasteiger partial charge in [-0.3, -0.25) is 4.79 Å². The number of aromatic nitrogens is 4. The van der Waals surface area contributed by atoms with Gasteiger partial charge in [-0.05, 0) is 31.4 Å². The van der Waals surface area contributed by atoms with Gasteiger partial charge in [-0.2, -0.15) is 13.2 Å². The van der Waals surface area contributed by atoms with Gasteiger partial charge in [0.05, 0.1) is 16.7 Å². The van der Waals surface area contributed by atoms with E-state index in [1.54, 1.807) is 24.3 Å². The second kappa shape index (κ2) is 6.39. The number of aromatic amines is 1. The zero-order chi connectivity index (χ0) is 18.3. The maximum atomic E-state index is 13.3. The van der Waals surface area contributed by atoms with E-state index < -0.39 is 11.9 Å². The van der Waals surface area contributed by atoms with Crippen LogP contribution in [0.4, 0.5) is 13.2 Å². The molecule has 1 N–H and O–H groups in total. The van der Waals surface area contributed by atoms with Crippen molar-refractivity contribution in [1.82, 2.24) is 19.9 Å². The summed E-state index contributed by atoms with van der Waals surface area (Å²) in [6.45, 7) is 0. The van der Waals surface area contributed by atoms with Crippen molar-refractivity contribution in [2.24, 2.45) is 0 Å². The predicted octanol–water partition coefficient (Wildman–Crippen LogP) is 3.51. The molecule has 1 aliphatic carbocycles. The number of halogens is 3. The Labute approximate surface area is 150 Å². The van der Waals surface area contributed by atoms with E-state index in [-0.39, 0.29) is 22.0 Å². The van der Waals surface area contributed by atoms with Gasteiger partial charge >= 0.3 is 6.18 Å². The Morgan fingerprint density at radius 1 is 1.12 bits per heavy atom. The lowest BCUT2D eigenvalue weighted by molar-refractivity contribution is -0.142. The average molecular weight is 378 g/mol. The average Bonchev–Trinajstić information content (AvgIpc) is 3.07. The van der Waals surface area contributed by atoms with Crippen molar-refractivity contribution in [1.29, 1.82) is 0 Å². The van der Waals surface area contributed by atoms with Crippen molar-refractivity contribution >= 4 is 22.7 Å². The largest absolute Gasteiger partial charge is 0.433 e. The van der Waals surface area contributed by atoms with Crippen molar-refractivity contribution in [3.8, 4) is 0 Å². The third-order valence-electron chi connectivity index (χ3n) is 4.18. The van der Waals surface area contributed by atoms with Crippen molar-refractivity contribution < 1.29 is 13.2 Å². The van der Waals surface area contributed by atoms with Gasteiger partial charge in [0.25, 0.3) is 5.56 Å². The summed E-state index contributed by atoms with van der Waals surface area (Å²) < 4.78 is 39.8. The Bertz CT molecular complexity index is 1050. The van der Waals surface area contributed by atoms with Crippen LogP contribution in [0.2, 0.25) is 0 Å². The number of fused-ring (bicyclic) bond motifs is 2. The molecule has 9 heteroatoms. The van der Waals surface area contributed by atoms with E-state index >= 15 is 0 Å². The van der Waals surface area contributed by atoms with Crippen LogP contribution in [0.1, 0.15) is 29.2 Å². The molecular weight excluding hydrogens is 365 g/mol. The molecule has 0 amide bonds. The summed E-state index contributed by atoms with van der Waals surface area (Å²) in [5.41, 5.74) is 0.0890. The molecule has 26 heavy (non-hydrogen) atoms. The second-order valence-electron chi connectivity index (χ2n) is 5.95. The van der Waals surface area contributed by atoms with Gasteiger partial charge in [0, 0.05) is 11.3 Å². The van der Waals surface area contributed by atoms with Gasteiger partial charge in [-0.1, -0.05) is 23.9 Å². The molecule has 4 rings (SSSR count). The lowest BCUT2D eigenvalue weighted by Gasteiger charge is -2.12. The molecule has 2 heterocycles. The molecule has 0 atom stereocenters. The van der Waals surface area contributed by atoms with Crippen LogP contribution < -0.4 is 5.56 Å². The van der Waals surface area contributed by atoms with Gasteiger partial charge in [0.1, 0.15) is 5.82 Å². The summed E-state index contributed by atoms with van der Waals surface area (Å²) in [6.07, 6.45) is -2.96. The van der Waals surface area contributed by atoms with E-state index in [2.05, 4.69) is 19.9 Å². The number of nitrogens with zero attached hydrogens (tertiary/aromatic N) is 3. The molecule has 2 aromatic heterocycles. The SMILES string of the molecule is O=c1[nH]c(CSc2nc3c(c(C(F)(F)F)n2)CCC3)nc2ccccc12. The molecule has 0 aliphatic heterocycles. The normalized spacial score (nSPS) is 14.0. The molecule has 1 aliphatic rings. The molecule has 0 radical (unpaired) electrons. The number of H-pyrrole nitrogens is 1. The van der Waals surface area contributed by atoms with E-state index in [1.807, 2.05) is 0 Å². The first-order valence-electron chi connectivity index (χ1n) is 7.99. The molecule has 5 nitrogen and oxygen atoms in total. The molecule has 0 unspecified atom stereocenters. The standard InChI is InChI=1S/C17H13F3N4OS/c18-17(19,20)14-9-5-3-7-11(9)22-16(24-14)26-8-13-21-12-6-2-1-4-10(12)15(25)23-13/h1-2,4,6H,3,5,7-8H2,(H,21,23,25). The molecule has 0 fully saturated rings. The number of hydrogen-bond donors (Lipinski definition) is 1. The summed E-state index contributed by atoms with van der Waals surface area (Å²) in [6, 6.07) is 6.89. The first-order chi connectivity index (χ1) is 12.4. The topological polar surface area (TPSA) is 71.5 Å². The van der Waals surface area contributed by atoms with Crippen LogP contribution in [0.3, 0.4) is 0 Å². The number of nitrogens with one attached hydrogen (secondary N) is 1. The Morgan fingerprint density at radius 3 is 2.73 bits per heavy atom. The number of aryl methyl sites for hydroxylation is 1. The van der Waals surface area contributed by atoms with Crippen LogP contribution >= 0.6 is 11.8 Å². The number of para-hydroxylation sites is 1. The smallest absolute Gasteiger partial charge is 0.309 e. The summed E-state index contributed by atoms with van der Waals surface area (Å²) in [4.78, 5) is 27.0. The fourth-order valence-corrected chi connectivity index (χ4v) is 3.78. The maximum absolute atomic E-state index is 13.3. The summed E-state index contributed by atoms with van der Waals surface area (Å²) in [7, 11) is 0. The molecule has 0 bridgehead atoms. The van der Waals surface area contributed by atoms with Crippen LogP contribution in [0.5, 0.6) is 0 Å². The minimum absolute atomic E-state index is 0.0498. The van der Waals surface area contributed by atoms with Gasteiger partial charge < -0.3 is 4.98 Å². The van der Waals surface area contributed by atoms with E-state index in [4.69, 9.17) is 0 Å². The minimum atomic E-state index is -4.50. The van der Waals surface area contributed by atoms with Crippen LogP contribution in [0.25, 0.3) is 10.9 Å². The molecule has 0 spiro atoms. The van der Waals surface area contributed by atoms with E-state index in [1.165, 1.54) is 0 Å². The fraction of sp³-hybridized carbons (Fsp3) is 0.294. The molecular formula is C17H13F3N4OS. The molecule has 0 saturated heterocycles.